The monoisotopic (exact) mass is 405 g/mol. The van der Waals surface area contributed by atoms with Crippen LogP contribution in [0.3, 0.4) is 0 Å². The van der Waals surface area contributed by atoms with Crippen LogP contribution in [0.2, 0.25) is 0 Å². The third-order valence-corrected chi connectivity index (χ3v) is 6.14. The molecule has 1 unspecified atom stereocenters. The number of nitrogens with zero attached hydrogens (tertiary/aromatic N) is 1. The minimum atomic E-state index is -0.483. The van der Waals surface area contributed by atoms with Gasteiger partial charge in [-0.15, -0.1) is 11.3 Å². The lowest BCUT2D eigenvalue weighted by molar-refractivity contribution is -0.133. The van der Waals surface area contributed by atoms with E-state index < -0.39 is 11.8 Å². The summed E-state index contributed by atoms with van der Waals surface area (Å²) < 4.78 is 23.9. The summed E-state index contributed by atoms with van der Waals surface area (Å²) >= 11 is 1.46. The minimum Gasteiger partial charge on any atom is -0.494 e. The number of aryl methyl sites for hydroxylation is 1. The molecule has 0 fully saturated rings. The molecule has 1 aromatic heterocycles. The van der Waals surface area contributed by atoms with Gasteiger partial charge in [0.15, 0.2) is 18.2 Å². The maximum absolute atomic E-state index is 13.8. The molecule has 5 nitrogen and oxygen atoms in total. The van der Waals surface area contributed by atoms with Crippen molar-refractivity contribution < 1.29 is 23.5 Å². The van der Waals surface area contributed by atoms with Gasteiger partial charge < -0.3 is 14.4 Å². The summed E-state index contributed by atoms with van der Waals surface area (Å²) in [5.41, 5.74) is 1.85. The van der Waals surface area contributed by atoms with Crippen molar-refractivity contribution in [2.75, 3.05) is 20.8 Å². The van der Waals surface area contributed by atoms with E-state index in [9.17, 15) is 14.0 Å². The fraction of sp³-hybridized carbons (Fsp3) is 0.429. The standard InChI is InChI=1S/C21H24FNO4S/c1-13-4-7-18-15(8-13)10-19(28-18)21(25)27-12-20(24)23(2)11-14-5-6-17(26-3)16(22)9-14/h5-6,9-10,13H,4,7-8,11-12H2,1-3H3. The van der Waals surface area contributed by atoms with E-state index in [-0.39, 0.29) is 24.8 Å². The van der Waals surface area contributed by atoms with Crippen LogP contribution in [0.1, 0.15) is 39.0 Å². The second-order valence-electron chi connectivity index (χ2n) is 7.20. The summed E-state index contributed by atoms with van der Waals surface area (Å²) in [6, 6.07) is 6.43. The number of ether oxygens (including phenoxy) is 2. The zero-order chi connectivity index (χ0) is 20.3. The second kappa shape index (κ2) is 8.73. The molecule has 3 rings (SSSR count). The maximum Gasteiger partial charge on any atom is 0.348 e. The van der Waals surface area contributed by atoms with Gasteiger partial charge in [0, 0.05) is 18.5 Å². The number of hydrogen-bond donors (Lipinski definition) is 0. The molecule has 0 aliphatic heterocycles. The molecular weight excluding hydrogens is 381 g/mol. The Morgan fingerprint density at radius 3 is 2.82 bits per heavy atom. The van der Waals surface area contributed by atoms with E-state index in [4.69, 9.17) is 9.47 Å². The van der Waals surface area contributed by atoms with Gasteiger partial charge in [-0.25, -0.2) is 9.18 Å². The molecule has 150 valence electrons. The van der Waals surface area contributed by atoms with E-state index in [0.29, 0.717) is 16.4 Å². The Morgan fingerprint density at radius 1 is 1.32 bits per heavy atom. The highest BCUT2D eigenvalue weighted by atomic mass is 32.1. The van der Waals surface area contributed by atoms with Gasteiger partial charge in [-0.2, -0.15) is 0 Å². The molecular formula is C21H24FNO4S. The number of likely N-dealkylation sites (N-methyl/N-ethyl adjacent to an activating group) is 1. The molecule has 0 radical (unpaired) electrons. The molecule has 1 amide bonds. The number of fused-ring (bicyclic) bond motifs is 1. The molecule has 0 bridgehead atoms. The first-order valence-electron chi connectivity index (χ1n) is 9.22. The molecule has 1 aliphatic rings. The topological polar surface area (TPSA) is 55.8 Å². The van der Waals surface area contributed by atoms with Crippen molar-refractivity contribution >= 4 is 23.2 Å². The summed E-state index contributed by atoms with van der Waals surface area (Å²) in [7, 11) is 2.98. The predicted molar refractivity (Wildman–Crippen MR) is 105 cm³/mol. The number of carbonyl (C=O) groups is 2. The summed E-state index contributed by atoms with van der Waals surface area (Å²) in [6.07, 6.45) is 3.12. The van der Waals surface area contributed by atoms with Crippen molar-refractivity contribution in [2.24, 2.45) is 5.92 Å². The van der Waals surface area contributed by atoms with E-state index >= 15 is 0 Å². The van der Waals surface area contributed by atoms with E-state index in [0.717, 1.165) is 19.3 Å². The number of esters is 1. The summed E-state index contributed by atoms with van der Waals surface area (Å²) in [5.74, 6) is -0.518. The molecule has 0 saturated heterocycles. The van der Waals surface area contributed by atoms with Crippen molar-refractivity contribution in [3.05, 3.63) is 51.0 Å². The molecule has 0 saturated carbocycles. The molecule has 0 N–H and O–H groups in total. The van der Waals surface area contributed by atoms with Gasteiger partial charge in [0.25, 0.3) is 5.91 Å². The van der Waals surface area contributed by atoms with Crippen LogP contribution >= 0.6 is 11.3 Å². The van der Waals surface area contributed by atoms with Crippen LogP contribution in [0.4, 0.5) is 4.39 Å². The van der Waals surface area contributed by atoms with E-state index in [2.05, 4.69) is 6.92 Å². The Morgan fingerprint density at radius 2 is 2.11 bits per heavy atom. The summed E-state index contributed by atoms with van der Waals surface area (Å²) in [5, 5.41) is 0. The van der Waals surface area contributed by atoms with Gasteiger partial charge in [-0.3, -0.25) is 4.79 Å². The zero-order valence-electron chi connectivity index (χ0n) is 16.3. The second-order valence-corrected chi connectivity index (χ2v) is 8.34. The summed E-state index contributed by atoms with van der Waals surface area (Å²) in [6.45, 7) is 2.08. The van der Waals surface area contributed by atoms with Crippen LogP contribution in [0.5, 0.6) is 5.75 Å². The van der Waals surface area contributed by atoms with Crippen molar-refractivity contribution in [1.29, 1.82) is 0 Å². The number of hydrogen-bond acceptors (Lipinski definition) is 5. The van der Waals surface area contributed by atoms with Crippen LogP contribution in [-0.4, -0.2) is 37.5 Å². The normalized spacial score (nSPS) is 15.6. The fourth-order valence-electron chi connectivity index (χ4n) is 3.29. The smallest absolute Gasteiger partial charge is 0.348 e. The zero-order valence-corrected chi connectivity index (χ0v) is 17.1. The maximum atomic E-state index is 13.8. The lowest BCUT2D eigenvalue weighted by Crippen LogP contribution is -2.30. The quantitative estimate of drug-likeness (QED) is 0.686. The van der Waals surface area contributed by atoms with Crippen molar-refractivity contribution in [2.45, 2.75) is 32.7 Å². The van der Waals surface area contributed by atoms with E-state index in [1.165, 1.54) is 45.9 Å². The minimum absolute atomic E-state index is 0.152. The Hall–Kier alpha value is -2.41. The van der Waals surface area contributed by atoms with Gasteiger partial charge in [0.05, 0.1) is 7.11 Å². The molecule has 28 heavy (non-hydrogen) atoms. The van der Waals surface area contributed by atoms with Gasteiger partial charge in [0.2, 0.25) is 0 Å². The number of methoxy groups -OCH3 is 1. The Bertz CT molecular complexity index is 879. The van der Waals surface area contributed by atoms with Crippen LogP contribution in [0.15, 0.2) is 24.3 Å². The van der Waals surface area contributed by atoms with Crippen molar-refractivity contribution in [1.82, 2.24) is 4.90 Å². The van der Waals surface area contributed by atoms with Crippen LogP contribution in [0.25, 0.3) is 0 Å². The molecule has 1 aliphatic carbocycles. The van der Waals surface area contributed by atoms with Crippen LogP contribution in [-0.2, 0) is 28.9 Å². The molecule has 1 aromatic carbocycles. The molecule has 1 heterocycles. The predicted octanol–water partition coefficient (Wildman–Crippen LogP) is 3.84. The average Bonchev–Trinajstić information content (AvgIpc) is 3.09. The van der Waals surface area contributed by atoms with Gasteiger partial charge in [-0.05, 0) is 54.5 Å². The van der Waals surface area contributed by atoms with Gasteiger partial charge in [-0.1, -0.05) is 13.0 Å². The Labute approximate surface area is 168 Å². The number of halogens is 1. The first-order chi connectivity index (χ1) is 13.4. The SMILES string of the molecule is COc1ccc(CN(C)C(=O)COC(=O)c2cc3c(s2)CCC(C)C3)cc1F. The number of thiophene rings is 1. The highest BCUT2D eigenvalue weighted by molar-refractivity contribution is 7.14. The highest BCUT2D eigenvalue weighted by Crippen LogP contribution is 2.32. The Balaban J connectivity index is 1.53. The number of amides is 1. The molecule has 2 aromatic rings. The lowest BCUT2D eigenvalue weighted by atomic mass is 9.90. The van der Waals surface area contributed by atoms with Crippen LogP contribution in [0, 0.1) is 11.7 Å². The largest absolute Gasteiger partial charge is 0.494 e. The van der Waals surface area contributed by atoms with Crippen LogP contribution < -0.4 is 4.74 Å². The van der Waals surface area contributed by atoms with Gasteiger partial charge in [0.1, 0.15) is 4.88 Å². The Kier molecular flexibility index (Phi) is 6.34. The molecule has 0 spiro atoms. The van der Waals surface area contributed by atoms with E-state index in [1.807, 2.05) is 6.07 Å². The highest BCUT2D eigenvalue weighted by Gasteiger charge is 2.22. The first kappa shape index (κ1) is 20.3. The summed E-state index contributed by atoms with van der Waals surface area (Å²) in [4.78, 5) is 27.8. The lowest BCUT2D eigenvalue weighted by Gasteiger charge is -2.17. The average molecular weight is 405 g/mol. The number of benzene rings is 1. The fourth-order valence-corrected chi connectivity index (χ4v) is 4.39. The molecule has 7 heteroatoms. The van der Waals surface area contributed by atoms with Crippen molar-refractivity contribution in [3.8, 4) is 5.75 Å². The van der Waals surface area contributed by atoms with E-state index in [1.54, 1.807) is 13.1 Å². The third-order valence-electron chi connectivity index (χ3n) is 4.92. The number of carbonyl (C=O) groups excluding carboxylic acids is 2. The first-order valence-corrected chi connectivity index (χ1v) is 10.0. The van der Waals surface area contributed by atoms with Gasteiger partial charge >= 0.3 is 5.97 Å². The molecule has 1 atom stereocenters. The van der Waals surface area contributed by atoms with Crippen molar-refractivity contribution in [3.63, 3.8) is 0 Å². The number of rotatable bonds is 6. The third kappa shape index (κ3) is 4.70.